The molecule has 7 heteroatoms. The summed E-state index contributed by atoms with van der Waals surface area (Å²) in [5.41, 5.74) is 12.1. The number of anilines is 1. The second-order valence-electron chi connectivity index (χ2n) is 3.79. The molecule has 0 aromatic carbocycles. The minimum atomic E-state index is 0.567. The normalized spacial score (nSPS) is 11.0. The van der Waals surface area contributed by atoms with Crippen LogP contribution in [0, 0.1) is 6.92 Å². The fraction of sp³-hybridized carbons (Fsp3) is 0.500. The topological polar surface area (TPSA) is 98.4 Å². The second-order valence-corrected chi connectivity index (χ2v) is 3.79. The summed E-state index contributed by atoms with van der Waals surface area (Å²) >= 11 is 0. The van der Waals surface area contributed by atoms with Gasteiger partial charge in [-0.15, -0.1) is 0 Å². The third-order valence-electron chi connectivity index (χ3n) is 2.48. The van der Waals surface area contributed by atoms with E-state index in [4.69, 9.17) is 11.5 Å². The molecule has 0 aliphatic carbocycles. The van der Waals surface area contributed by atoms with Crippen molar-refractivity contribution in [2.45, 2.75) is 6.92 Å². The monoisotopic (exact) mass is 235 g/mol. The number of hydrogen-bond donors (Lipinski definition) is 2. The van der Waals surface area contributed by atoms with Crippen molar-refractivity contribution in [2.75, 3.05) is 31.1 Å². The summed E-state index contributed by atoms with van der Waals surface area (Å²) in [7, 11) is 0. The van der Waals surface area contributed by atoms with Gasteiger partial charge in [0.2, 0.25) is 0 Å². The van der Waals surface area contributed by atoms with Gasteiger partial charge in [0.1, 0.15) is 12.1 Å². The summed E-state index contributed by atoms with van der Waals surface area (Å²) in [5, 5.41) is 4.16. The number of fused-ring (bicyclic) bond motifs is 1. The Morgan fingerprint density at radius 1 is 1.29 bits per heavy atom. The van der Waals surface area contributed by atoms with Crippen LogP contribution in [-0.2, 0) is 0 Å². The van der Waals surface area contributed by atoms with E-state index in [2.05, 4.69) is 20.0 Å². The lowest BCUT2D eigenvalue weighted by molar-refractivity contribution is 0.744. The van der Waals surface area contributed by atoms with Crippen molar-refractivity contribution in [3.63, 3.8) is 0 Å². The Labute approximate surface area is 99.4 Å². The van der Waals surface area contributed by atoms with E-state index in [0.29, 0.717) is 18.9 Å². The van der Waals surface area contributed by atoms with Gasteiger partial charge in [0.15, 0.2) is 0 Å². The van der Waals surface area contributed by atoms with E-state index in [-0.39, 0.29) is 0 Å². The number of aryl methyl sites for hydroxylation is 1. The SMILES string of the molecule is Cc1cc(N(CCN)CCN)n2ncnc2n1. The third kappa shape index (κ3) is 2.34. The summed E-state index contributed by atoms with van der Waals surface area (Å²) in [6, 6.07) is 1.97. The lowest BCUT2D eigenvalue weighted by Crippen LogP contribution is -2.35. The van der Waals surface area contributed by atoms with Gasteiger partial charge >= 0.3 is 0 Å². The molecular weight excluding hydrogens is 218 g/mol. The zero-order valence-electron chi connectivity index (χ0n) is 9.87. The molecule has 0 aliphatic heterocycles. The fourth-order valence-electron chi connectivity index (χ4n) is 1.79. The zero-order valence-corrected chi connectivity index (χ0v) is 9.87. The molecule has 0 aliphatic rings. The lowest BCUT2D eigenvalue weighted by atomic mass is 10.3. The van der Waals surface area contributed by atoms with E-state index in [1.807, 2.05) is 13.0 Å². The molecule has 0 unspecified atom stereocenters. The molecule has 0 amide bonds. The van der Waals surface area contributed by atoms with Crippen LogP contribution in [-0.4, -0.2) is 45.8 Å². The van der Waals surface area contributed by atoms with Crippen LogP contribution in [0.15, 0.2) is 12.4 Å². The second kappa shape index (κ2) is 5.07. The number of nitrogens with two attached hydrogens (primary N) is 2. The maximum atomic E-state index is 5.61. The molecular formula is C10H17N7. The highest BCUT2D eigenvalue weighted by Crippen LogP contribution is 2.14. The molecule has 2 aromatic rings. The molecule has 0 spiro atoms. The van der Waals surface area contributed by atoms with Gasteiger partial charge in [0.05, 0.1) is 0 Å². The van der Waals surface area contributed by atoms with Crippen LogP contribution in [0.1, 0.15) is 5.69 Å². The number of nitrogens with zero attached hydrogens (tertiary/aromatic N) is 5. The molecule has 7 nitrogen and oxygen atoms in total. The molecule has 0 bridgehead atoms. The summed E-state index contributed by atoms with van der Waals surface area (Å²) in [6.07, 6.45) is 1.49. The van der Waals surface area contributed by atoms with Crippen LogP contribution in [0.4, 0.5) is 5.82 Å². The van der Waals surface area contributed by atoms with Crippen LogP contribution in [0.5, 0.6) is 0 Å². The minimum absolute atomic E-state index is 0.567. The molecule has 2 rings (SSSR count). The molecule has 0 fully saturated rings. The highest BCUT2D eigenvalue weighted by atomic mass is 15.4. The van der Waals surface area contributed by atoms with Gasteiger partial charge in [-0.05, 0) is 6.92 Å². The van der Waals surface area contributed by atoms with E-state index in [0.717, 1.165) is 24.6 Å². The first-order valence-corrected chi connectivity index (χ1v) is 5.58. The Hall–Kier alpha value is -1.73. The van der Waals surface area contributed by atoms with Gasteiger partial charge in [-0.1, -0.05) is 0 Å². The summed E-state index contributed by atoms with van der Waals surface area (Å²) < 4.78 is 1.71. The predicted molar refractivity (Wildman–Crippen MR) is 65.8 cm³/mol. The third-order valence-corrected chi connectivity index (χ3v) is 2.48. The van der Waals surface area contributed by atoms with Gasteiger partial charge in [-0.3, -0.25) is 0 Å². The highest BCUT2D eigenvalue weighted by Gasteiger charge is 2.11. The van der Waals surface area contributed by atoms with Crippen LogP contribution in [0.3, 0.4) is 0 Å². The van der Waals surface area contributed by atoms with Crippen LogP contribution in [0.2, 0.25) is 0 Å². The average Bonchev–Trinajstić information content (AvgIpc) is 2.75. The van der Waals surface area contributed by atoms with E-state index >= 15 is 0 Å². The van der Waals surface area contributed by atoms with Gasteiger partial charge in [-0.2, -0.15) is 14.6 Å². The van der Waals surface area contributed by atoms with Gasteiger partial charge in [0.25, 0.3) is 5.78 Å². The molecule has 0 atom stereocenters. The van der Waals surface area contributed by atoms with Gasteiger partial charge in [0, 0.05) is 37.9 Å². The molecule has 92 valence electrons. The van der Waals surface area contributed by atoms with Crippen LogP contribution < -0.4 is 16.4 Å². The maximum absolute atomic E-state index is 5.61. The largest absolute Gasteiger partial charge is 0.354 e. The Bertz CT molecular complexity index is 486. The van der Waals surface area contributed by atoms with E-state index < -0.39 is 0 Å². The Balaban J connectivity index is 2.46. The standard InChI is InChI=1S/C10H17N7/c1-8-6-9(16(4-2-11)5-3-12)17-10(15-8)13-7-14-17/h6-7H,2-5,11-12H2,1H3. The molecule has 0 radical (unpaired) electrons. The number of rotatable bonds is 5. The van der Waals surface area contributed by atoms with E-state index in [9.17, 15) is 0 Å². The first kappa shape index (κ1) is 11.7. The van der Waals surface area contributed by atoms with Crippen molar-refractivity contribution in [3.05, 3.63) is 18.1 Å². The summed E-state index contributed by atoms with van der Waals surface area (Å²) in [5.74, 6) is 1.53. The van der Waals surface area contributed by atoms with Crippen molar-refractivity contribution in [1.82, 2.24) is 19.6 Å². The molecule has 17 heavy (non-hydrogen) atoms. The number of hydrogen-bond acceptors (Lipinski definition) is 6. The quantitative estimate of drug-likeness (QED) is 0.701. The molecule has 0 saturated heterocycles. The van der Waals surface area contributed by atoms with Crippen molar-refractivity contribution < 1.29 is 0 Å². The first-order chi connectivity index (χ1) is 8.26. The summed E-state index contributed by atoms with van der Waals surface area (Å²) in [4.78, 5) is 10.5. The van der Waals surface area contributed by atoms with Crippen molar-refractivity contribution in [1.29, 1.82) is 0 Å². The van der Waals surface area contributed by atoms with Crippen molar-refractivity contribution in [3.8, 4) is 0 Å². The predicted octanol–water partition coefficient (Wildman–Crippen LogP) is -0.843. The Morgan fingerprint density at radius 3 is 2.65 bits per heavy atom. The van der Waals surface area contributed by atoms with Crippen LogP contribution in [0.25, 0.3) is 5.78 Å². The highest BCUT2D eigenvalue weighted by molar-refractivity contribution is 5.47. The molecule has 2 heterocycles. The molecule has 2 aromatic heterocycles. The van der Waals surface area contributed by atoms with Crippen molar-refractivity contribution in [2.24, 2.45) is 11.5 Å². The number of aromatic nitrogens is 4. The van der Waals surface area contributed by atoms with Gasteiger partial charge in [-0.25, -0.2) is 4.98 Å². The zero-order chi connectivity index (χ0) is 12.3. The maximum Gasteiger partial charge on any atom is 0.254 e. The van der Waals surface area contributed by atoms with Crippen LogP contribution >= 0.6 is 0 Å². The summed E-state index contributed by atoms with van der Waals surface area (Å²) in [6.45, 7) is 4.53. The minimum Gasteiger partial charge on any atom is -0.354 e. The molecule has 4 N–H and O–H groups in total. The first-order valence-electron chi connectivity index (χ1n) is 5.58. The molecule has 0 saturated carbocycles. The average molecular weight is 235 g/mol. The Morgan fingerprint density at radius 2 is 2.00 bits per heavy atom. The Kier molecular flexibility index (Phi) is 3.50. The van der Waals surface area contributed by atoms with Gasteiger partial charge < -0.3 is 16.4 Å². The lowest BCUT2D eigenvalue weighted by Gasteiger charge is -2.23. The van der Waals surface area contributed by atoms with Crippen molar-refractivity contribution >= 4 is 11.6 Å². The van der Waals surface area contributed by atoms with E-state index in [1.165, 1.54) is 6.33 Å². The fourth-order valence-corrected chi connectivity index (χ4v) is 1.79. The smallest absolute Gasteiger partial charge is 0.254 e. The van der Waals surface area contributed by atoms with E-state index in [1.54, 1.807) is 4.52 Å².